The molecule has 0 aromatic heterocycles. The van der Waals surface area contributed by atoms with Gasteiger partial charge in [-0.3, -0.25) is 9.69 Å². The molecule has 2 fully saturated rings. The molecule has 0 N–H and O–H groups in total. The van der Waals surface area contributed by atoms with Crippen LogP contribution in [-0.4, -0.2) is 59.3 Å². The topological polar surface area (TPSA) is 49.9 Å². The predicted molar refractivity (Wildman–Crippen MR) is 67.5 cm³/mol. The highest BCUT2D eigenvalue weighted by atomic mass is 19.4. The van der Waals surface area contributed by atoms with Crippen LogP contribution in [0, 0.1) is 5.92 Å². The summed E-state index contributed by atoms with van der Waals surface area (Å²) in [4.78, 5) is 26.0. The average Bonchev–Trinajstić information content (AvgIpc) is 2.23. The molecule has 21 heavy (non-hydrogen) atoms. The maximum absolute atomic E-state index is 12.4. The second kappa shape index (κ2) is 5.15. The van der Waals surface area contributed by atoms with Gasteiger partial charge in [0.2, 0.25) is 5.91 Å². The molecule has 2 aliphatic heterocycles. The van der Waals surface area contributed by atoms with Gasteiger partial charge in [0.05, 0.1) is 18.5 Å². The lowest BCUT2D eigenvalue weighted by Crippen LogP contribution is -2.69. The lowest BCUT2D eigenvalue weighted by molar-refractivity contribution is -0.170. The second-order valence-corrected chi connectivity index (χ2v) is 6.50. The van der Waals surface area contributed by atoms with Gasteiger partial charge >= 0.3 is 12.3 Å². The van der Waals surface area contributed by atoms with E-state index in [0.29, 0.717) is 6.42 Å². The van der Waals surface area contributed by atoms with E-state index in [9.17, 15) is 22.8 Å². The first kappa shape index (κ1) is 16.1. The Labute approximate surface area is 121 Å². The Hall–Kier alpha value is -1.31. The van der Waals surface area contributed by atoms with Gasteiger partial charge in [0, 0.05) is 6.54 Å². The van der Waals surface area contributed by atoms with Crippen molar-refractivity contribution in [1.82, 2.24) is 9.80 Å². The first-order valence-electron chi connectivity index (χ1n) is 6.83. The number of amides is 2. The van der Waals surface area contributed by atoms with Gasteiger partial charge in [-0.05, 0) is 33.7 Å². The van der Waals surface area contributed by atoms with Crippen molar-refractivity contribution in [3.05, 3.63) is 0 Å². The molecule has 8 heteroatoms. The van der Waals surface area contributed by atoms with Crippen LogP contribution in [0.4, 0.5) is 18.0 Å². The average molecular weight is 308 g/mol. The summed E-state index contributed by atoms with van der Waals surface area (Å²) in [6.45, 7) is 4.26. The van der Waals surface area contributed by atoms with E-state index in [1.165, 1.54) is 4.90 Å². The fourth-order valence-corrected chi connectivity index (χ4v) is 2.74. The highest BCUT2D eigenvalue weighted by Gasteiger charge is 2.54. The first-order valence-corrected chi connectivity index (χ1v) is 6.83. The maximum atomic E-state index is 12.4. The Bertz CT molecular complexity index is 445. The number of ether oxygens (including phenoxy) is 1. The van der Waals surface area contributed by atoms with E-state index in [1.807, 2.05) is 0 Å². The van der Waals surface area contributed by atoms with Gasteiger partial charge in [0.15, 0.2) is 0 Å². The largest absolute Gasteiger partial charge is 0.443 e. The molecule has 0 aromatic rings. The molecule has 2 atom stereocenters. The van der Waals surface area contributed by atoms with Gasteiger partial charge < -0.3 is 4.74 Å². The number of nitrogens with zero attached hydrogens (tertiary/aromatic N) is 2. The minimum atomic E-state index is -4.28. The molecule has 2 rings (SSSR count). The van der Waals surface area contributed by atoms with Gasteiger partial charge in [0.1, 0.15) is 5.60 Å². The minimum absolute atomic E-state index is 0.0508. The molecular weight excluding hydrogens is 289 g/mol. The summed E-state index contributed by atoms with van der Waals surface area (Å²) in [6, 6.07) is -0.511. The maximum Gasteiger partial charge on any atom is 0.417 e. The number of piperidine rings is 1. The fraction of sp³-hybridized carbons (Fsp3) is 0.846. The van der Waals surface area contributed by atoms with Gasteiger partial charge in [-0.1, -0.05) is 0 Å². The highest BCUT2D eigenvalue weighted by molar-refractivity contribution is 5.99. The number of carbonyl (C=O) groups excluding carboxylic acids is 2. The van der Waals surface area contributed by atoms with E-state index in [1.54, 1.807) is 20.8 Å². The van der Waals surface area contributed by atoms with Crippen molar-refractivity contribution in [2.24, 2.45) is 5.92 Å². The van der Waals surface area contributed by atoms with Crippen LogP contribution in [0.25, 0.3) is 0 Å². The van der Waals surface area contributed by atoms with E-state index in [-0.39, 0.29) is 24.9 Å². The van der Waals surface area contributed by atoms with Gasteiger partial charge in [-0.15, -0.1) is 0 Å². The number of likely N-dealkylation sites (tertiary alicyclic amines) is 2. The van der Waals surface area contributed by atoms with E-state index in [0.717, 1.165) is 4.90 Å². The predicted octanol–water partition coefficient (Wildman–Crippen LogP) is 2.02. The van der Waals surface area contributed by atoms with Crippen LogP contribution in [-0.2, 0) is 9.53 Å². The van der Waals surface area contributed by atoms with Crippen molar-refractivity contribution in [3.63, 3.8) is 0 Å². The van der Waals surface area contributed by atoms with Crippen molar-refractivity contribution in [2.75, 3.05) is 19.6 Å². The Morgan fingerprint density at radius 2 is 1.95 bits per heavy atom. The highest BCUT2D eigenvalue weighted by Crippen LogP contribution is 2.35. The SMILES string of the molecule is CC(C)(C)OC(=O)N1C(=O)[C@@H]2CCN(CC(F)(F)F)C[C@@H]21. The standard InChI is InChI=1S/C13H19F3N2O3/c1-12(2,3)21-11(20)18-9-6-17(7-13(14,15)16)5-4-8(9)10(18)19/h8-9H,4-7H2,1-3H3/t8-,9+/m1/s1. The molecule has 0 saturated carbocycles. The minimum Gasteiger partial charge on any atom is -0.443 e. The quantitative estimate of drug-likeness (QED) is 0.695. The lowest BCUT2D eigenvalue weighted by Gasteiger charge is -2.50. The number of rotatable bonds is 1. The molecule has 0 spiro atoms. The number of halogens is 3. The molecule has 0 aromatic carbocycles. The zero-order chi connectivity index (χ0) is 16.0. The molecule has 0 unspecified atom stereocenters. The number of hydrogen-bond acceptors (Lipinski definition) is 4. The smallest absolute Gasteiger partial charge is 0.417 e. The number of fused-ring (bicyclic) bond motifs is 1. The molecule has 0 aliphatic carbocycles. The summed E-state index contributed by atoms with van der Waals surface area (Å²) >= 11 is 0. The fourth-order valence-electron chi connectivity index (χ4n) is 2.74. The van der Waals surface area contributed by atoms with Crippen molar-refractivity contribution in [3.8, 4) is 0 Å². The molecule has 5 nitrogen and oxygen atoms in total. The number of hydrogen-bond donors (Lipinski definition) is 0. The van der Waals surface area contributed by atoms with E-state index >= 15 is 0 Å². The summed E-state index contributed by atoms with van der Waals surface area (Å²) in [5, 5.41) is 0. The summed E-state index contributed by atoms with van der Waals surface area (Å²) < 4.78 is 42.4. The number of alkyl halides is 3. The van der Waals surface area contributed by atoms with Crippen LogP contribution in [0.5, 0.6) is 0 Å². The first-order chi connectivity index (χ1) is 9.48. The molecule has 2 amide bonds. The van der Waals surface area contributed by atoms with Gasteiger partial charge in [0.25, 0.3) is 0 Å². The summed E-state index contributed by atoms with van der Waals surface area (Å²) in [7, 11) is 0. The van der Waals surface area contributed by atoms with Gasteiger partial charge in [-0.2, -0.15) is 13.2 Å². The van der Waals surface area contributed by atoms with Crippen LogP contribution in [0.2, 0.25) is 0 Å². The van der Waals surface area contributed by atoms with Crippen LogP contribution in [0.3, 0.4) is 0 Å². The van der Waals surface area contributed by atoms with E-state index in [4.69, 9.17) is 4.74 Å². The number of β-lactam (4-membered cyclic amide) rings is 1. The number of carbonyl (C=O) groups is 2. The zero-order valence-corrected chi connectivity index (χ0v) is 12.2. The third-order valence-corrected chi connectivity index (χ3v) is 3.55. The van der Waals surface area contributed by atoms with E-state index in [2.05, 4.69) is 0 Å². The number of imide groups is 1. The van der Waals surface area contributed by atoms with Crippen LogP contribution < -0.4 is 0 Å². The van der Waals surface area contributed by atoms with Crippen LogP contribution >= 0.6 is 0 Å². The molecular formula is C13H19F3N2O3. The van der Waals surface area contributed by atoms with Crippen molar-refractivity contribution >= 4 is 12.0 Å². The summed E-state index contributed by atoms with van der Waals surface area (Å²) in [5.41, 5.74) is -0.747. The van der Waals surface area contributed by atoms with Crippen LogP contribution in [0.15, 0.2) is 0 Å². The van der Waals surface area contributed by atoms with E-state index < -0.39 is 30.5 Å². The molecule has 2 heterocycles. The third kappa shape index (κ3) is 3.66. The van der Waals surface area contributed by atoms with Crippen molar-refractivity contribution < 1.29 is 27.5 Å². The molecule has 2 aliphatic rings. The van der Waals surface area contributed by atoms with Gasteiger partial charge in [-0.25, -0.2) is 9.69 Å². The molecule has 0 bridgehead atoms. The Kier molecular flexibility index (Phi) is 3.94. The Morgan fingerprint density at radius 1 is 1.33 bits per heavy atom. The summed E-state index contributed by atoms with van der Waals surface area (Å²) in [5.74, 6) is -0.706. The Morgan fingerprint density at radius 3 is 2.48 bits per heavy atom. The summed E-state index contributed by atoms with van der Waals surface area (Å²) in [6.07, 6.45) is -4.71. The zero-order valence-electron chi connectivity index (χ0n) is 12.2. The van der Waals surface area contributed by atoms with Crippen LogP contribution in [0.1, 0.15) is 27.2 Å². The lowest BCUT2D eigenvalue weighted by atomic mass is 9.81. The third-order valence-electron chi connectivity index (χ3n) is 3.55. The van der Waals surface area contributed by atoms with Crippen molar-refractivity contribution in [1.29, 1.82) is 0 Å². The molecule has 120 valence electrons. The monoisotopic (exact) mass is 308 g/mol. The normalized spacial score (nSPS) is 27.1. The van der Waals surface area contributed by atoms with Crippen molar-refractivity contribution in [2.45, 2.75) is 45.0 Å². The molecule has 0 radical (unpaired) electrons. The second-order valence-electron chi connectivity index (χ2n) is 6.50. The molecule has 2 saturated heterocycles. The Balaban J connectivity index is 1.99.